The molecule has 0 heterocycles. The van der Waals surface area contributed by atoms with Crippen LogP contribution in [0.2, 0.25) is 0 Å². The van der Waals surface area contributed by atoms with Crippen molar-refractivity contribution in [2.24, 2.45) is 0 Å². The number of nitrogens with one attached hydrogen (secondary N) is 1. The molecule has 90 valence electrons. The average Bonchev–Trinajstić information content (AvgIpc) is 2.28. The Balaban J connectivity index is 2.68. The molecule has 1 atom stereocenters. The lowest BCUT2D eigenvalue weighted by atomic mass is 10.1. The van der Waals surface area contributed by atoms with Crippen molar-refractivity contribution in [1.82, 2.24) is 0 Å². The number of benzene rings is 1. The molecular weight excluding hydrogens is 223 g/mol. The summed E-state index contributed by atoms with van der Waals surface area (Å²) in [6.45, 7) is 1.81. The number of aliphatic carboxylic acids is 1. The number of carboxylic acid groups (broad SMARTS) is 1. The van der Waals surface area contributed by atoms with Gasteiger partial charge in [-0.05, 0) is 31.5 Å². The first-order valence-corrected chi connectivity index (χ1v) is 5.21. The van der Waals surface area contributed by atoms with Crippen LogP contribution in [-0.2, 0) is 4.79 Å². The van der Waals surface area contributed by atoms with E-state index in [2.05, 4.69) is 5.32 Å². The molecule has 1 rings (SSSR count). The molecular formula is C12H13FN2O2. The summed E-state index contributed by atoms with van der Waals surface area (Å²) in [7, 11) is 0. The van der Waals surface area contributed by atoms with Gasteiger partial charge in [0.05, 0.1) is 11.3 Å². The van der Waals surface area contributed by atoms with Crippen LogP contribution in [0.1, 0.15) is 25.3 Å². The molecule has 1 aromatic rings. The van der Waals surface area contributed by atoms with Gasteiger partial charge < -0.3 is 10.4 Å². The molecule has 1 aromatic carbocycles. The van der Waals surface area contributed by atoms with Crippen molar-refractivity contribution in [2.45, 2.75) is 25.8 Å². The Bertz CT molecular complexity index is 454. The zero-order chi connectivity index (χ0) is 12.8. The lowest BCUT2D eigenvalue weighted by Crippen LogP contribution is -2.17. The number of halogens is 1. The van der Waals surface area contributed by atoms with Gasteiger partial charge in [0, 0.05) is 12.5 Å². The highest BCUT2D eigenvalue weighted by Gasteiger charge is 2.08. The van der Waals surface area contributed by atoms with E-state index in [-0.39, 0.29) is 18.0 Å². The fourth-order valence-corrected chi connectivity index (χ4v) is 1.41. The van der Waals surface area contributed by atoms with E-state index in [1.807, 2.05) is 13.0 Å². The molecule has 0 fully saturated rings. The van der Waals surface area contributed by atoms with Crippen molar-refractivity contribution in [2.75, 3.05) is 5.32 Å². The summed E-state index contributed by atoms with van der Waals surface area (Å²) in [5, 5.41) is 20.4. The van der Waals surface area contributed by atoms with E-state index in [1.54, 1.807) is 0 Å². The monoisotopic (exact) mass is 236 g/mol. The van der Waals surface area contributed by atoms with E-state index in [0.717, 1.165) is 6.07 Å². The Hall–Kier alpha value is -2.09. The molecule has 2 N–H and O–H groups in total. The number of carbonyl (C=O) groups is 1. The van der Waals surface area contributed by atoms with Crippen LogP contribution < -0.4 is 5.32 Å². The van der Waals surface area contributed by atoms with Gasteiger partial charge in [-0.2, -0.15) is 5.26 Å². The van der Waals surface area contributed by atoms with Gasteiger partial charge >= 0.3 is 5.97 Å². The predicted molar refractivity (Wildman–Crippen MR) is 61.1 cm³/mol. The van der Waals surface area contributed by atoms with Crippen LogP contribution in [0.5, 0.6) is 0 Å². The summed E-state index contributed by atoms with van der Waals surface area (Å²) >= 11 is 0. The third-order valence-corrected chi connectivity index (χ3v) is 2.30. The van der Waals surface area contributed by atoms with Crippen LogP contribution >= 0.6 is 0 Å². The maximum absolute atomic E-state index is 12.9. The van der Waals surface area contributed by atoms with Crippen molar-refractivity contribution in [1.29, 1.82) is 5.26 Å². The normalized spacial score (nSPS) is 11.6. The van der Waals surface area contributed by atoms with Crippen LogP contribution in [0.25, 0.3) is 0 Å². The highest BCUT2D eigenvalue weighted by molar-refractivity contribution is 5.66. The summed E-state index contributed by atoms with van der Waals surface area (Å²) < 4.78 is 12.9. The Labute approximate surface area is 98.7 Å². The molecule has 0 saturated heterocycles. The molecule has 0 radical (unpaired) electrons. The van der Waals surface area contributed by atoms with Crippen molar-refractivity contribution >= 4 is 11.7 Å². The number of nitrogens with zero attached hydrogens (tertiary/aromatic N) is 1. The highest BCUT2D eigenvalue weighted by atomic mass is 19.1. The van der Waals surface area contributed by atoms with E-state index < -0.39 is 11.8 Å². The molecule has 0 amide bonds. The molecule has 4 nitrogen and oxygen atoms in total. The molecule has 1 unspecified atom stereocenters. The molecule has 0 spiro atoms. The van der Waals surface area contributed by atoms with E-state index in [1.165, 1.54) is 12.1 Å². The molecule has 17 heavy (non-hydrogen) atoms. The molecule has 0 bridgehead atoms. The fourth-order valence-electron chi connectivity index (χ4n) is 1.41. The Morgan fingerprint density at radius 1 is 1.65 bits per heavy atom. The lowest BCUT2D eigenvalue weighted by molar-refractivity contribution is -0.137. The zero-order valence-electron chi connectivity index (χ0n) is 9.40. The van der Waals surface area contributed by atoms with Crippen molar-refractivity contribution < 1.29 is 14.3 Å². The first kappa shape index (κ1) is 13.0. The second-order valence-electron chi connectivity index (χ2n) is 3.78. The quantitative estimate of drug-likeness (QED) is 0.823. The number of hydrogen-bond acceptors (Lipinski definition) is 3. The van der Waals surface area contributed by atoms with E-state index in [0.29, 0.717) is 12.1 Å². The zero-order valence-corrected chi connectivity index (χ0v) is 9.40. The first-order chi connectivity index (χ1) is 8.02. The number of nitriles is 1. The Morgan fingerprint density at radius 2 is 2.35 bits per heavy atom. The number of hydrogen-bond donors (Lipinski definition) is 2. The standard InChI is InChI=1S/C12H13FN2O2/c1-8(2-5-12(16)17)15-11-4-3-10(13)6-9(11)7-14/h3-4,6,8,15H,2,5H2,1H3,(H,16,17). The van der Waals surface area contributed by atoms with Crippen molar-refractivity contribution in [3.8, 4) is 6.07 Å². The van der Waals surface area contributed by atoms with Gasteiger partial charge in [-0.1, -0.05) is 0 Å². The maximum atomic E-state index is 12.9. The predicted octanol–water partition coefficient (Wildman–Crippen LogP) is 2.36. The van der Waals surface area contributed by atoms with Crippen LogP contribution in [0.3, 0.4) is 0 Å². The van der Waals surface area contributed by atoms with Gasteiger partial charge in [-0.3, -0.25) is 4.79 Å². The van der Waals surface area contributed by atoms with Gasteiger partial charge in [0.25, 0.3) is 0 Å². The van der Waals surface area contributed by atoms with Gasteiger partial charge in [-0.15, -0.1) is 0 Å². The van der Waals surface area contributed by atoms with Gasteiger partial charge in [-0.25, -0.2) is 4.39 Å². The Kier molecular flexibility index (Phi) is 4.46. The summed E-state index contributed by atoms with van der Waals surface area (Å²) in [5.74, 6) is -1.33. The average molecular weight is 236 g/mol. The van der Waals surface area contributed by atoms with Crippen LogP contribution in [-0.4, -0.2) is 17.1 Å². The number of carboxylic acids is 1. The molecule has 0 aliphatic rings. The fraction of sp³-hybridized carbons (Fsp3) is 0.333. The smallest absolute Gasteiger partial charge is 0.303 e. The summed E-state index contributed by atoms with van der Waals surface area (Å²) in [5.41, 5.74) is 0.735. The molecule has 5 heteroatoms. The van der Waals surface area contributed by atoms with Crippen LogP contribution in [0.4, 0.5) is 10.1 Å². The minimum Gasteiger partial charge on any atom is -0.481 e. The summed E-state index contributed by atoms with van der Waals surface area (Å²) in [6, 6.07) is 5.67. The summed E-state index contributed by atoms with van der Waals surface area (Å²) in [6.07, 6.45) is 0.495. The largest absolute Gasteiger partial charge is 0.481 e. The van der Waals surface area contributed by atoms with E-state index >= 15 is 0 Å². The van der Waals surface area contributed by atoms with Crippen molar-refractivity contribution in [3.05, 3.63) is 29.6 Å². The topological polar surface area (TPSA) is 73.1 Å². The molecule has 0 aliphatic heterocycles. The highest BCUT2D eigenvalue weighted by Crippen LogP contribution is 2.17. The van der Waals surface area contributed by atoms with Gasteiger partial charge in [0.2, 0.25) is 0 Å². The Morgan fingerprint density at radius 3 is 2.94 bits per heavy atom. The number of anilines is 1. The second-order valence-corrected chi connectivity index (χ2v) is 3.78. The summed E-state index contributed by atoms with van der Waals surface area (Å²) in [4.78, 5) is 10.4. The third kappa shape index (κ3) is 4.11. The van der Waals surface area contributed by atoms with E-state index in [4.69, 9.17) is 10.4 Å². The first-order valence-electron chi connectivity index (χ1n) is 5.21. The minimum absolute atomic E-state index is 0.0528. The maximum Gasteiger partial charge on any atom is 0.303 e. The van der Waals surface area contributed by atoms with Gasteiger partial charge in [0.15, 0.2) is 0 Å². The second kappa shape index (κ2) is 5.85. The van der Waals surface area contributed by atoms with Gasteiger partial charge in [0.1, 0.15) is 11.9 Å². The molecule has 0 aromatic heterocycles. The molecule has 0 saturated carbocycles. The third-order valence-electron chi connectivity index (χ3n) is 2.30. The van der Waals surface area contributed by atoms with Crippen LogP contribution in [0, 0.1) is 17.1 Å². The minimum atomic E-state index is -0.863. The molecule has 0 aliphatic carbocycles. The van der Waals surface area contributed by atoms with Crippen molar-refractivity contribution in [3.63, 3.8) is 0 Å². The van der Waals surface area contributed by atoms with E-state index in [9.17, 15) is 9.18 Å². The van der Waals surface area contributed by atoms with Crippen LogP contribution in [0.15, 0.2) is 18.2 Å². The lowest BCUT2D eigenvalue weighted by Gasteiger charge is -2.15. The number of rotatable bonds is 5. The SMILES string of the molecule is CC(CCC(=O)O)Nc1ccc(F)cc1C#N.